The first-order valence-corrected chi connectivity index (χ1v) is 7.86. The molecule has 4 nitrogen and oxygen atoms in total. The van der Waals surface area contributed by atoms with E-state index in [4.69, 9.17) is 0 Å². The van der Waals surface area contributed by atoms with Gasteiger partial charge < -0.3 is 4.98 Å². The van der Waals surface area contributed by atoms with Crippen molar-refractivity contribution >= 4 is 11.3 Å². The molecule has 0 bridgehead atoms. The quantitative estimate of drug-likeness (QED) is 0.521. The fourth-order valence-electron chi connectivity index (χ4n) is 2.98. The Bertz CT molecular complexity index is 724. The standard InChI is InChI=1S/C15H13F3N2O2S/c16-15(17,18)14(9-20(21)22,11-5-6-23-8-11)13-7-10-3-1-2-4-12(10)19-13/h1-2,5-8,19H,3-4,9H2. The van der Waals surface area contributed by atoms with Crippen molar-refractivity contribution in [2.45, 2.75) is 24.4 Å². The van der Waals surface area contributed by atoms with Gasteiger partial charge in [-0.1, -0.05) is 12.2 Å². The summed E-state index contributed by atoms with van der Waals surface area (Å²) in [6, 6.07) is 2.73. The monoisotopic (exact) mass is 342 g/mol. The minimum atomic E-state index is -4.79. The van der Waals surface area contributed by atoms with Crippen molar-refractivity contribution in [3.05, 3.63) is 67.7 Å². The molecule has 1 atom stereocenters. The number of aromatic amines is 1. The average molecular weight is 342 g/mol. The number of H-pyrrole nitrogens is 1. The molecule has 2 aromatic heterocycles. The number of allylic oxidation sites excluding steroid dienone is 2. The lowest BCUT2D eigenvalue weighted by atomic mass is 9.78. The van der Waals surface area contributed by atoms with Gasteiger partial charge in [0.25, 0.3) is 0 Å². The number of aromatic nitrogens is 1. The van der Waals surface area contributed by atoms with E-state index in [-0.39, 0.29) is 11.3 Å². The van der Waals surface area contributed by atoms with Crippen molar-refractivity contribution in [3.63, 3.8) is 0 Å². The smallest absolute Gasteiger partial charge is 0.361 e. The normalized spacial score (nSPS) is 16.8. The summed E-state index contributed by atoms with van der Waals surface area (Å²) in [5.74, 6) is 0. The number of nitro groups is 1. The molecule has 122 valence electrons. The zero-order chi connectivity index (χ0) is 16.7. The number of hydrogen-bond donors (Lipinski definition) is 1. The van der Waals surface area contributed by atoms with Gasteiger partial charge in [0.15, 0.2) is 5.41 Å². The van der Waals surface area contributed by atoms with Crippen molar-refractivity contribution in [2.24, 2.45) is 0 Å². The summed E-state index contributed by atoms with van der Waals surface area (Å²) < 4.78 is 42.0. The number of halogens is 3. The number of nitrogens with zero attached hydrogens (tertiary/aromatic N) is 1. The first-order valence-electron chi connectivity index (χ1n) is 6.92. The van der Waals surface area contributed by atoms with Crippen LogP contribution in [0.2, 0.25) is 0 Å². The molecule has 3 rings (SSSR count). The van der Waals surface area contributed by atoms with Crippen LogP contribution in [-0.2, 0) is 18.3 Å². The fraction of sp³-hybridized carbons (Fsp3) is 0.333. The Morgan fingerprint density at radius 2 is 2.04 bits per heavy atom. The minimum absolute atomic E-state index is 0.0988. The van der Waals surface area contributed by atoms with Gasteiger partial charge in [0.05, 0.1) is 0 Å². The molecule has 0 amide bonds. The van der Waals surface area contributed by atoms with Crippen LogP contribution in [0.5, 0.6) is 0 Å². The van der Waals surface area contributed by atoms with E-state index in [1.165, 1.54) is 22.9 Å². The number of nitrogens with one attached hydrogen (secondary N) is 1. The SMILES string of the molecule is O=[N+]([O-])CC(c1ccsc1)(c1cc2c([nH]1)CC=CC2)C(F)(F)F. The molecule has 2 heterocycles. The fourth-order valence-corrected chi connectivity index (χ4v) is 3.71. The first kappa shape index (κ1) is 15.8. The molecule has 1 aliphatic carbocycles. The summed E-state index contributed by atoms with van der Waals surface area (Å²) in [6.45, 7) is -1.24. The molecule has 1 aliphatic rings. The van der Waals surface area contributed by atoms with E-state index in [2.05, 4.69) is 4.98 Å². The summed E-state index contributed by atoms with van der Waals surface area (Å²) in [6.07, 6.45) is -0.00144. The Labute approximate surface area is 133 Å². The van der Waals surface area contributed by atoms with Crippen molar-refractivity contribution in [1.29, 1.82) is 0 Å². The third-order valence-corrected chi connectivity index (χ3v) is 4.83. The maximum Gasteiger partial charge on any atom is 0.410 e. The van der Waals surface area contributed by atoms with Gasteiger partial charge in [-0.2, -0.15) is 24.5 Å². The molecule has 0 fully saturated rings. The second-order valence-corrected chi connectivity index (χ2v) is 6.25. The Morgan fingerprint density at radius 1 is 1.30 bits per heavy atom. The summed E-state index contributed by atoms with van der Waals surface area (Å²) in [4.78, 5) is 13.0. The Hall–Kier alpha value is -2.09. The van der Waals surface area contributed by atoms with Crippen LogP contribution in [0, 0.1) is 10.1 Å². The second-order valence-electron chi connectivity index (χ2n) is 5.47. The topological polar surface area (TPSA) is 58.9 Å². The third-order valence-electron chi connectivity index (χ3n) is 4.14. The zero-order valence-corrected chi connectivity index (χ0v) is 12.7. The van der Waals surface area contributed by atoms with E-state index in [1.807, 2.05) is 12.2 Å². The van der Waals surface area contributed by atoms with Gasteiger partial charge >= 0.3 is 6.18 Å². The van der Waals surface area contributed by atoms with E-state index < -0.39 is 23.1 Å². The summed E-state index contributed by atoms with van der Waals surface area (Å²) in [5.41, 5.74) is -1.47. The van der Waals surface area contributed by atoms with E-state index in [0.717, 1.165) is 16.9 Å². The van der Waals surface area contributed by atoms with Crippen LogP contribution in [0.25, 0.3) is 0 Å². The molecule has 8 heteroatoms. The van der Waals surface area contributed by atoms with Gasteiger partial charge in [0.2, 0.25) is 6.54 Å². The van der Waals surface area contributed by atoms with Gasteiger partial charge in [0, 0.05) is 22.7 Å². The third kappa shape index (κ3) is 2.56. The van der Waals surface area contributed by atoms with Crippen LogP contribution in [0.15, 0.2) is 35.0 Å². The molecule has 1 unspecified atom stereocenters. The number of hydrogen-bond acceptors (Lipinski definition) is 3. The zero-order valence-electron chi connectivity index (χ0n) is 11.9. The lowest BCUT2D eigenvalue weighted by molar-refractivity contribution is -0.498. The van der Waals surface area contributed by atoms with Crippen LogP contribution >= 0.6 is 11.3 Å². The van der Waals surface area contributed by atoms with Crippen LogP contribution in [0.3, 0.4) is 0 Å². The number of fused-ring (bicyclic) bond motifs is 1. The van der Waals surface area contributed by atoms with E-state index >= 15 is 0 Å². The highest BCUT2D eigenvalue weighted by atomic mass is 32.1. The summed E-state index contributed by atoms with van der Waals surface area (Å²) >= 11 is 1.09. The van der Waals surface area contributed by atoms with E-state index in [9.17, 15) is 23.3 Å². The molecular formula is C15H13F3N2O2S. The van der Waals surface area contributed by atoms with Gasteiger partial charge in [0.1, 0.15) is 0 Å². The minimum Gasteiger partial charge on any atom is -0.361 e. The van der Waals surface area contributed by atoms with Gasteiger partial charge in [-0.3, -0.25) is 10.1 Å². The van der Waals surface area contributed by atoms with E-state index in [1.54, 1.807) is 0 Å². The van der Waals surface area contributed by atoms with Crippen LogP contribution in [-0.4, -0.2) is 22.6 Å². The average Bonchev–Trinajstić information content (AvgIpc) is 3.12. The molecule has 0 radical (unpaired) electrons. The van der Waals surface area contributed by atoms with E-state index in [0.29, 0.717) is 18.5 Å². The highest BCUT2D eigenvalue weighted by Gasteiger charge is 2.62. The van der Waals surface area contributed by atoms with Crippen LogP contribution in [0.1, 0.15) is 22.5 Å². The summed E-state index contributed by atoms with van der Waals surface area (Å²) in [7, 11) is 0. The highest BCUT2D eigenvalue weighted by Crippen LogP contribution is 2.47. The molecule has 0 saturated heterocycles. The Kier molecular flexibility index (Phi) is 3.79. The lowest BCUT2D eigenvalue weighted by Gasteiger charge is -2.31. The van der Waals surface area contributed by atoms with Gasteiger partial charge in [-0.15, -0.1) is 0 Å². The van der Waals surface area contributed by atoms with Crippen molar-refractivity contribution < 1.29 is 18.1 Å². The molecule has 1 N–H and O–H groups in total. The van der Waals surface area contributed by atoms with Crippen molar-refractivity contribution in [2.75, 3.05) is 6.54 Å². The molecular weight excluding hydrogens is 329 g/mol. The largest absolute Gasteiger partial charge is 0.410 e. The van der Waals surface area contributed by atoms with Gasteiger partial charge in [-0.25, -0.2) is 0 Å². The molecule has 2 aromatic rings. The van der Waals surface area contributed by atoms with Crippen LogP contribution < -0.4 is 0 Å². The Balaban J connectivity index is 2.22. The van der Waals surface area contributed by atoms with Crippen LogP contribution in [0.4, 0.5) is 13.2 Å². The second kappa shape index (κ2) is 5.52. The molecule has 23 heavy (non-hydrogen) atoms. The first-order chi connectivity index (χ1) is 10.8. The molecule has 0 aliphatic heterocycles. The lowest BCUT2D eigenvalue weighted by Crippen LogP contribution is -2.49. The maximum absolute atomic E-state index is 14.0. The summed E-state index contributed by atoms with van der Waals surface area (Å²) in [5, 5.41) is 13.9. The number of alkyl halides is 3. The van der Waals surface area contributed by atoms with Gasteiger partial charge in [-0.05, 0) is 40.4 Å². The Morgan fingerprint density at radius 3 is 2.61 bits per heavy atom. The number of thiophene rings is 1. The molecule has 0 spiro atoms. The predicted octanol–water partition coefficient (Wildman–Crippen LogP) is 3.86. The van der Waals surface area contributed by atoms with Crippen molar-refractivity contribution in [1.82, 2.24) is 4.98 Å². The highest BCUT2D eigenvalue weighted by molar-refractivity contribution is 7.08. The maximum atomic E-state index is 14.0. The predicted molar refractivity (Wildman–Crippen MR) is 80.4 cm³/mol. The number of rotatable bonds is 4. The molecule has 0 saturated carbocycles. The molecule has 0 aromatic carbocycles. The van der Waals surface area contributed by atoms with Crippen molar-refractivity contribution in [3.8, 4) is 0 Å².